The Bertz CT molecular complexity index is 891. The van der Waals surface area contributed by atoms with Crippen molar-refractivity contribution in [3.8, 4) is 10.6 Å². The molecule has 1 fully saturated rings. The molecule has 2 aromatic carbocycles. The summed E-state index contributed by atoms with van der Waals surface area (Å²) in [7, 11) is 0. The van der Waals surface area contributed by atoms with Crippen molar-refractivity contribution in [3.63, 3.8) is 0 Å². The van der Waals surface area contributed by atoms with Gasteiger partial charge in [-0.05, 0) is 54.1 Å². The first-order valence-electron chi connectivity index (χ1n) is 9.17. The van der Waals surface area contributed by atoms with Crippen molar-refractivity contribution >= 4 is 58.4 Å². The van der Waals surface area contributed by atoms with E-state index in [1.54, 1.807) is 6.21 Å². The molecule has 4 rings (SSSR count). The van der Waals surface area contributed by atoms with E-state index in [1.165, 1.54) is 43.7 Å². The summed E-state index contributed by atoms with van der Waals surface area (Å²) in [6.07, 6.45) is 6.11. The Morgan fingerprint density at radius 2 is 1.54 bits per heavy atom. The van der Waals surface area contributed by atoms with Crippen LogP contribution in [0.5, 0.6) is 0 Å². The molecule has 0 radical (unpaired) electrons. The number of aromatic nitrogens is 1. The van der Waals surface area contributed by atoms with Crippen molar-refractivity contribution in [3.05, 3.63) is 64.1 Å². The van der Waals surface area contributed by atoms with Crippen LogP contribution < -0.4 is 5.32 Å². The van der Waals surface area contributed by atoms with Gasteiger partial charge in [0.05, 0.1) is 13.1 Å². The Kier molecular flexibility index (Phi) is 8.25. The average molecular weight is 450 g/mol. The van der Waals surface area contributed by atoms with E-state index in [-0.39, 0.29) is 0 Å². The second-order valence-electron chi connectivity index (χ2n) is 6.37. The van der Waals surface area contributed by atoms with E-state index in [2.05, 4.69) is 15.3 Å². The van der Waals surface area contributed by atoms with Gasteiger partial charge in [-0.2, -0.15) is 0 Å². The van der Waals surface area contributed by atoms with E-state index < -0.39 is 0 Å². The quantitative estimate of drug-likeness (QED) is 0.423. The topological polar surface area (TPSA) is 41.9 Å². The van der Waals surface area contributed by atoms with Crippen LogP contribution in [0.1, 0.15) is 24.8 Å². The minimum Gasteiger partial charge on any atom is -0.757 e. The lowest BCUT2D eigenvalue weighted by Gasteiger charge is -2.05. The molecular weight excluding hydrogens is 429 g/mol. The van der Waals surface area contributed by atoms with Gasteiger partial charge in [-0.25, -0.2) is 4.99 Å². The zero-order chi connectivity index (χ0) is 19.8. The van der Waals surface area contributed by atoms with Crippen LogP contribution in [0.25, 0.3) is 10.6 Å². The fourth-order valence-corrected chi connectivity index (χ4v) is 4.07. The number of hydrogen-bond donors (Lipinski definition) is 1. The summed E-state index contributed by atoms with van der Waals surface area (Å²) < 4.78 is 0. The molecule has 1 aliphatic heterocycles. The molecule has 0 saturated carbocycles. The number of rotatable bonds is 3. The number of nitrogens with zero attached hydrogens (tertiary/aromatic N) is 2. The molecule has 1 aliphatic rings. The maximum absolute atomic E-state index is 5.89. The number of quaternary nitrogens is 1. The van der Waals surface area contributed by atoms with Crippen LogP contribution in [0, 0.1) is 0 Å². The van der Waals surface area contributed by atoms with Gasteiger partial charge in [-0.1, -0.05) is 58.8 Å². The average Bonchev–Trinajstić information content (AvgIpc) is 3.10. The van der Waals surface area contributed by atoms with Crippen LogP contribution in [0.2, 0.25) is 10.0 Å². The standard InChI is InChI=1S/C16H10Cl2N2S2.C5H11N/c17-12-5-1-10(2-6-12)9-19-16-14(21)20-15(22-16)11-3-7-13(18)8-4-11;1-2-4-6-5-3-1/h1-9,21H;6H,1-5H2/b19-9+;. The summed E-state index contributed by atoms with van der Waals surface area (Å²) >= 11 is 18.5. The molecule has 2 N–H and O–H groups in total. The monoisotopic (exact) mass is 449 g/mol. The number of halogens is 2. The van der Waals surface area contributed by atoms with Gasteiger partial charge < -0.3 is 17.9 Å². The maximum atomic E-state index is 5.89. The van der Waals surface area contributed by atoms with Gasteiger partial charge in [0.1, 0.15) is 10.0 Å². The highest BCUT2D eigenvalue weighted by molar-refractivity contribution is 7.59. The van der Waals surface area contributed by atoms with Crippen molar-refractivity contribution in [2.45, 2.75) is 24.3 Å². The second-order valence-corrected chi connectivity index (χ2v) is 8.61. The Morgan fingerprint density at radius 3 is 2.07 bits per heavy atom. The zero-order valence-corrected chi connectivity index (χ0v) is 18.4. The zero-order valence-electron chi connectivity index (χ0n) is 15.3. The molecule has 3 aromatic rings. The predicted octanol–water partition coefficient (Wildman–Crippen LogP) is 5.51. The van der Waals surface area contributed by atoms with Crippen LogP contribution >= 0.6 is 34.5 Å². The molecule has 2 heterocycles. The number of nitrogens with two attached hydrogens (primary N) is 1. The summed E-state index contributed by atoms with van der Waals surface area (Å²) in [5.41, 5.74) is 1.94. The fourth-order valence-electron chi connectivity index (χ4n) is 2.68. The van der Waals surface area contributed by atoms with E-state index in [4.69, 9.17) is 35.8 Å². The molecule has 1 aromatic heterocycles. The van der Waals surface area contributed by atoms with E-state index in [1.807, 2.05) is 48.5 Å². The normalized spacial score (nSPS) is 13.9. The van der Waals surface area contributed by atoms with E-state index in [0.29, 0.717) is 15.1 Å². The Hall–Kier alpha value is -1.50. The second kappa shape index (κ2) is 10.9. The lowest BCUT2D eigenvalue weighted by Crippen LogP contribution is -2.85. The van der Waals surface area contributed by atoms with Crippen LogP contribution in [0.4, 0.5) is 5.00 Å². The molecule has 146 valence electrons. The minimum atomic E-state index is 0.500. The van der Waals surface area contributed by atoms with E-state index in [0.717, 1.165) is 21.1 Å². The van der Waals surface area contributed by atoms with Crippen LogP contribution in [0.15, 0.2) is 58.5 Å². The molecule has 0 bridgehead atoms. The summed E-state index contributed by atoms with van der Waals surface area (Å²) in [6, 6.07) is 14.9. The molecule has 0 unspecified atom stereocenters. The lowest BCUT2D eigenvalue weighted by molar-refractivity contribution is -0.662. The lowest BCUT2D eigenvalue weighted by atomic mass is 10.2. The smallest absolute Gasteiger partial charge is 0.123 e. The molecule has 0 aliphatic carbocycles. The van der Waals surface area contributed by atoms with E-state index in [9.17, 15) is 0 Å². The summed E-state index contributed by atoms with van der Waals surface area (Å²) in [4.78, 5) is 8.82. The number of benzene rings is 2. The highest BCUT2D eigenvalue weighted by Gasteiger charge is 2.05. The third kappa shape index (κ3) is 6.54. The number of aliphatic imine (C=N–C) groups is 1. The van der Waals surface area contributed by atoms with Crippen molar-refractivity contribution in [1.82, 2.24) is 4.98 Å². The highest BCUT2D eigenvalue weighted by Crippen LogP contribution is 2.34. The summed E-state index contributed by atoms with van der Waals surface area (Å²) in [5, 5.41) is 5.84. The number of hydrogen-bond acceptors (Lipinski definition) is 4. The molecule has 7 heteroatoms. The summed E-state index contributed by atoms with van der Waals surface area (Å²) in [5.74, 6) is 0. The summed E-state index contributed by atoms with van der Waals surface area (Å²) in [6.45, 7) is 2.75. The third-order valence-electron chi connectivity index (χ3n) is 4.19. The van der Waals surface area contributed by atoms with Gasteiger partial charge in [-0.3, -0.25) is 4.98 Å². The number of piperidine rings is 1. The first-order chi connectivity index (χ1) is 13.6. The maximum Gasteiger partial charge on any atom is 0.123 e. The van der Waals surface area contributed by atoms with Gasteiger partial charge in [0.2, 0.25) is 0 Å². The first kappa shape index (κ1) is 21.2. The highest BCUT2D eigenvalue weighted by atomic mass is 35.5. The Labute approximate surface area is 185 Å². The van der Waals surface area contributed by atoms with Gasteiger partial charge in [0, 0.05) is 21.8 Å². The van der Waals surface area contributed by atoms with Gasteiger partial charge in [0.25, 0.3) is 0 Å². The van der Waals surface area contributed by atoms with Crippen molar-refractivity contribution in [2.75, 3.05) is 13.1 Å². The minimum absolute atomic E-state index is 0.500. The van der Waals surface area contributed by atoms with E-state index >= 15 is 0 Å². The van der Waals surface area contributed by atoms with Crippen molar-refractivity contribution < 1.29 is 5.32 Å². The molecule has 0 spiro atoms. The predicted molar refractivity (Wildman–Crippen MR) is 122 cm³/mol. The molecule has 3 nitrogen and oxygen atoms in total. The third-order valence-corrected chi connectivity index (χ3v) is 6.12. The van der Waals surface area contributed by atoms with Gasteiger partial charge >= 0.3 is 0 Å². The van der Waals surface area contributed by atoms with Crippen molar-refractivity contribution in [1.29, 1.82) is 0 Å². The van der Waals surface area contributed by atoms with Crippen molar-refractivity contribution in [2.24, 2.45) is 4.99 Å². The largest absolute Gasteiger partial charge is 0.757 e. The van der Waals surface area contributed by atoms with Crippen LogP contribution in [-0.4, -0.2) is 24.3 Å². The Morgan fingerprint density at radius 1 is 0.929 bits per heavy atom. The molecule has 28 heavy (non-hydrogen) atoms. The first-order valence-corrected chi connectivity index (χ1v) is 11.1. The molecule has 1 saturated heterocycles. The molecular formula is C21H21Cl2N3S2. The molecule has 0 atom stereocenters. The fraction of sp³-hybridized carbons (Fsp3) is 0.238. The Balaban J connectivity index is 0.000000320. The SMILES string of the molecule is C1CC[NH2+]CC1.[S-]c1nc(-c2ccc(Cl)cc2)sc1/N=C/c1ccc(Cl)cc1. The molecule has 0 amide bonds. The van der Waals surface area contributed by atoms with Gasteiger partial charge in [-0.15, -0.1) is 0 Å². The van der Waals surface area contributed by atoms with Gasteiger partial charge in [0.15, 0.2) is 0 Å². The van der Waals surface area contributed by atoms with Crippen LogP contribution in [0.3, 0.4) is 0 Å². The number of thiazole rings is 1. The van der Waals surface area contributed by atoms with Crippen LogP contribution in [-0.2, 0) is 12.6 Å².